The van der Waals surface area contributed by atoms with Crippen molar-refractivity contribution in [1.82, 2.24) is 26.3 Å². The average Bonchev–Trinajstić information content (AvgIpc) is 3.41. The number of pyridine rings is 1. The molecule has 2 aliphatic rings. The molecule has 4 rings (SSSR count). The Morgan fingerprint density at radius 1 is 1.02 bits per heavy atom. The van der Waals surface area contributed by atoms with Gasteiger partial charge in [-0.15, -0.1) is 0 Å². The smallest absolute Gasteiger partial charge is 0.270 e. The third-order valence-corrected chi connectivity index (χ3v) is 8.77. The number of fused-ring (bicyclic) bond motifs is 1. The molecule has 1 aromatic carbocycles. The fourth-order valence-electron chi connectivity index (χ4n) is 6.20. The van der Waals surface area contributed by atoms with Crippen molar-refractivity contribution in [3.05, 3.63) is 41.6 Å². The number of aromatic nitrogens is 1. The van der Waals surface area contributed by atoms with Gasteiger partial charge in [0.05, 0.1) is 11.6 Å². The second-order valence-electron chi connectivity index (χ2n) is 12.4. The molecule has 0 bridgehead atoms. The lowest BCUT2D eigenvalue weighted by Crippen LogP contribution is -2.57. The zero-order valence-electron chi connectivity index (χ0n) is 25.5. The fraction of sp³-hybridized carbons (Fsp3) is 0.576. The summed E-state index contributed by atoms with van der Waals surface area (Å²) in [5.41, 5.74) is 1.63. The number of carbonyl (C=O) groups is 5. The minimum atomic E-state index is -0.899. The molecule has 0 spiro atoms. The van der Waals surface area contributed by atoms with Gasteiger partial charge in [0, 0.05) is 17.8 Å². The second-order valence-corrected chi connectivity index (χ2v) is 12.4. The van der Waals surface area contributed by atoms with Crippen LogP contribution in [-0.2, 0) is 19.2 Å². The summed E-state index contributed by atoms with van der Waals surface area (Å²) in [5, 5.41) is 12.3. The Morgan fingerprint density at radius 3 is 2.44 bits per heavy atom. The largest absolute Gasteiger partial charge is 0.356 e. The zero-order chi connectivity index (χ0) is 30.9. The van der Waals surface area contributed by atoms with Gasteiger partial charge in [-0.3, -0.25) is 19.2 Å². The van der Waals surface area contributed by atoms with Crippen LogP contribution < -0.4 is 21.3 Å². The van der Waals surface area contributed by atoms with Crippen LogP contribution in [0.1, 0.15) is 87.7 Å². The van der Waals surface area contributed by atoms with E-state index < -0.39 is 35.8 Å². The highest BCUT2D eigenvalue weighted by Gasteiger charge is 2.33. The zero-order valence-corrected chi connectivity index (χ0v) is 25.5. The van der Waals surface area contributed by atoms with Gasteiger partial charge in [0.25, 0.3) is 5.91 Å². The number of carbonyl (C=O) groups excluding carboxylic acids is 5. The van der Waals surface area contributed by atoms with Crippen LogP contribution in [0.15, 0.2) is 30.3 Å². The van der Waals surface area contributed by atoms with Crippen molar-refractivity contribution in [1.29, 1.82) is 0 Å². The highest BCUT2D eigenvalue weighted by Crippen LogP contribution is 2.28. The predicted molar refractivity (Wildman–Crippen MR) is 164 cm³/mol. The number of aryl methyl sites for hydroxylation is 1. The molecule has 4 amide bonds. The SMILES string of the molecule is Cc1cc2ccccc2nc1C(=O)N[C@H](C(=O)N[C@@H](CC1CCCCC1)C(=O)N[C@H](C=O)CC[C@@H]1CCNC1=O)C(C)C. The highest BCUT2D eigenvalue weighted by molar-refractivity contribution is 6.00. The third kappa shape index (κ3) is 8.61. The number of rotatable bonds is 13. The van der Waals surface area contributed by atoms with E-state index in [4.69, 9.17) is 0 Å². The van der Waals surface area contributed by atoms with Crippen molar-refractivity contribution in [2.75, 3.05) is 6.54 Å². The Kier molecular flexibility index (Phi) is 11.3. The van der Waals surface area contributed by atoms with Gasteiger partial charge in [-0.2, -0.15) is 0 Å². The van der Waals surface area contributed by atoms with Crippen molar-refractivity contribution < 1.29 is 24.0 Å². The third-order valence-electron chi connectivity index (χ3n) is 8.77. The van der Waals surface area contributed by atoms with E-state index in [2.05, 4.69) is 26.3 Å². The van der Waals surface area contributed by atoms with E-state index in [9.17, 15) is 24.0 Å². The average molecular weight is 592 g/mol. The molecule has 2 aromatic rings. The summed E-state index contributed by atoms with van der Waals surface area (Å²) in [6.07, 6.45) is 7.99. The second kappa shape index (κ2) is 15.1. The summed E-state index contributed by atoms with van der Waals surface area (Å²) in [6, 6.07) is 6.92. The van der Waals surface area contributed by atoms with Crippen LogP contribution in [0.2, 0.25) is 0 Å². The van der Waals surface area contributed by atoms with E-state index in [1.807, 2.05) is 51.1 Å². The molecule has 43 heavy (non-hydrogen) atoms. The summed E-state index contributed by atoms with van der Waals surface area (Å²) in [6.45, 7) is 6.11. The van der Waals surface area contributed by atoms with E-state index in [1.54, 1.807) is 0 Å². The molecule has 1 aliphatic heterocycles. The first kappa shape index (κ1) is 32.1. The Hall–Kier alpha value is -3.82. The number of nitrogens with one attached hydrogen (secondary N) is 4. The molecule has 1 aromatic heterocycles. The maximum absolute atomic E-state index is 13.7. The quantitative estimate of drug-likeness (QED) is 0.263. The van der Waals surface area contributed by atoms with Crippen molar-refractivity contribution in [2.45, 2.75) is 96.7 Å². The van der Waals surface area contributed by atoms with Crippen LogP contribution in [-0.4, -0.2) is 59.6 Å². The number of aldehydes is 1. The molecule has 10 nitrogen and oxygen atoms in total. The topological polar surface area (TPSA) is 146 Å². The summed E-state index contributed by atoms with van der Waals surface area (Å²) in [5.74, 6) is -1.50. The summed E-state index contributed by atoms with van der Waals surface area (Å²) in [4.78, 5) is 68.9. The van der Waals surface area contributed by atoms with Crippen LogP contribution in [0.5, 0.6) is 0 Å². The molecule has 10 heteroatoms. The van der Waals surface area contributed by atoms with Crippen molar-refractivity contribution in [3.8, 4) is 0 Å². The van der Waals surface area contributed by atoms with Crippen LogP contribution in [0.25, 0.3) is 10.9 Å². The molecular weight excluding hydrogens is 546 g/mol. The lowest BCUT2D eigenvalue weighted by molar-refractivity contribution is -0.132. The van der Waals surface area contributed by atoms with Gasteiger partial charge < -0.3 is 26.1 Å². The molecule has 0 radical (unpaired) electrons. The molecule has 1 aliphatic carbocycles. The number of hydrogen-bond acceptors (Lipinski definition) is 6. The number of benzene rings is 1. The Labute approximate surface area is 253 Å². The van der Waals surface area contributed by atoms with Crippen molar-refractivity contribution in [2.24, 2.45) is 17.8 Å². The van der Waals surface area contributed by atoms with Crippen LogP contribution >= 0.6 is 0 Å². The number of para-hydroxylation sites is 1. The summed E-state index contributed by atoms with van der Waals surface area (Å²) in [7, 11) is 0. The van der Waals surface area contributed by atoms with Crippen LogP contribution in [0.4, 0.5) is 0 Å². The lowest BCUT2D eigenvalue weighted by Gasteiger charge is -2.29. The number of nitrogens with zero attached hydrogens (tertiary/aromatic N) is 1. The van der Waals surface area contributed by atoms with Gasteiger partial charge in [0.2, 0.25) is 17.7 Å². The first-order valence-electron chi connectivity index (χ1n) is 15.7. The molecule has 1 saturated heterocycles. The monoisotopic (exact) mass is 591 g/mol. The molecule has 0 unspecified atom stereocenters. The van der Waals surface area contributed by atoms with E-state index in [-0.39, 0.29) is 29.4 Å². The van der Waals surface area contributed by atoms with Gasteiger partial charge >= 0.3 is 0 Å². The minimum absolute atomic E-state index is 0.0192. The highest BCUT2D eigenvalue weighted by atomic mass is 16.2. The van der Waals surface area contributed by atoms with Gasteiger partial charge in [0.1, 0.15) is 24.1 Å². The fourth-order valence-corrected chi connectivity index (χ4v) is 6.20. The van der Waals surface area contributed by atoms with Crippen molar-refractivity contribution in [3.63, 3.8) is 0 Å². The lowest BCUT2D eigenvalue weighted by atomic mass is 9.84. The van der Waals surface area contributed by atoms with E-state index in [0.29, 0.717) is 43.2 Å². The molecular formula is C33H45N5O5. The maximum atomic E-state index is 13.7. The van der Waals surface area contributed by atoms with Crippen LogP contribution in [0, 0.1) is 24.7 Å². The van der Waals surface area contributed by atoms with Gasteiger partial charge in [-0.05, 0) is 62.1 Å². The van der Waals surface area contributed by atoms with E-state index >= 15 is 0 Å². The van der Waals surface area contributed by atoms with Crippen LogP contribution in [0.3, 0.4) is 0 Å². The summed E-state index contributed by atoms with van der Waals surface area (Å²) >= 11 is 0. The number of hydrogen-bond donors (Lipinski definition) is 4. The number of amides is 4. The molecule has 4 N–H and O–H groups in total. The first-order chi connectivity index (χ1) is 20.7. The first-order valence-corrected chi connectivity index (χ1v) is 15.7. The van der Waals surface area contributed by atoms with Crippen molar-refractivity contribution >= 4 is 40.8 Å². The normalized spacial score (nSPS) is 19.3. The maximum Gasteiger partial charge on any atom is 0.270 e. The standard InChI is InChI=1S/C33H45N5O5/c1-20(2)28(38-33(43)29-21(3)17-24-11-7-8-12-26(24)36-29)32(42)37-27(18-22-9-5-4-6-10-22)31(41)35-25(19-39)14-13-23-15-16-34-30(23)40/h7-8,11-12,17,19-20,22-23,25,27-28H,4-6,9-10,13-16,18H2,1-3H3,(H,34,40)(H,35,41)(H,37,42)(H,38,43)/t23-,25+,27+,28+/m1/s1. The van der Waals surface area contributed by atoms with Gasteiger partial charge in [0.15, 0.2) is 0 Å². The molecule has 232 valence electrons. The van der Waals surface area contributed by atoms with Gasteiger partial charge in [-0.25, -0.2) is 4.98 Å². The van der Waals surface area contributed by atoms with E-state index in [0.717, 1.165) is 43.9 Å². The van der Waals surface area contributed by atoms with E-state index in [1.165, 1.54) is 0 Å². The minimum Gasteiger partial charge on any atom is -0.356 e. The molecule has 2 fully saturated rings. The molecule has 2 heterocycles. The molecule has 1 saturated carbocycles. The predicted octanol–water partition coefficient (Wildman–Crippen LogP) is 3.35. The van der Waals surface area contributed by atoms with Gasteiger partial charge in [-0.1, -0.05) is 64.2 Å². The Balaban J connectivity index is 1.45. The Morgan fingerprint density at radius 2 is 1.77 bits per heavy atom. The summed E-state index contributed by atoms with van der Waals surface area (Å²) < 4.78 is 0. The Bertz CT molecular complexity index is 1320. The molecule has 4 atom stereocenters.